The molecule has 1 rings (SSSR count). The zero-order valence-electron chi connectivity index (χ0n) is 9.28. The summed E-state index contributed by atoms with van der Waals surface area (Å²) >= 11 is 3.37. The molecule has 17 heavy (non-hydrogen) atoms. The minimum Gasteiger partial charge on any atom is -0.481 e. The topological polar surface area (TPSA) is 66.4 Å². The number of rotatable bonds is 6. The zero-order valence-corrected chi connectivity index (χ0v) is 10.9. The third-order valence-electron chi connectivity index (χ3n) is 2.19. The van der Waals surface area contributed by atoms with Gasteiger partial charge in [-0.2, -0.15) is 0 Å². The van der Waals surface area contributed by atoms with Gasteiger partial charge in [0.05, 0.1) is 6.42 Å². The van der Waals surface area contributed by atoms with Gasteiger partial charge in [-0.15, -0.1) is 0 Å². The first-order valence-electron chi connectivity index (χ1n) is 5.31. The maximum absolute atomic E-state index is 11.2. The highest BCUT2D eigenvalue weighted by atomic mass is 79.9. The fraction of sp³-hybridized carbons (Fsp3) is 0.333. The smallest absolute Gasteiger partial charge is 0.303 e. The lowest BCUT2D eigenvalue weighted by Crippen LogP contribution is -2.25. The van der Waals surface area contributed by atoms with Crippen molar-refractivity contribution in [3.8, 4) is 0 Å². The second kappa shape index (κ2) is 7.06. The van der Waals surface area contributed by atoms with Crippen LogP contribution in [0, 0.1) is 0 Å². The van der Waals surface area contributed by atoms with Crippen LogP contribution in [0.25, 0.3) is 0 Å². The molecule has 5 heteroatoms. The van der Waals surface area contributed by atoms with Gasteiger partial charge >= 0.3 is 5.97 Å². The molecule has 0 unspecified atom stereocenters. The van der Waals surface area contributed by atoms with Crippen LogP contribution in [0.5, 0.6) is 0 Å². The number of carbonyl (C=O) groups is 2. The van der Waals surface area contributed by atoms with Crippen LogP contribution in [0.1, 0.15) is 18.4 Å². The molecule has 0 spiro atoms. The quantitative estimate of drug-likeness (QED) is 0.844. The third-order valence-corrected chi connectivity index (χ3v) is 2.68. The lowest BCUT2D eigenvalue weighted by molar-refractivity contribution is -0.138. The molecule has 0 heterocycles. The summed E-state index contributed by atoms with van der Waals surface area (Å²) in [6.45, 7) is 0.523. The number of aliphatic carboxylic acids is 1. The number of hydrogen-bond donors (Lipinski definition) is 2. The molecule has 92 valence electrons. The molecule has 0 aromatic heterocycles. The molecule has 0 radical (unpaired) electrons. The first-order chi connectivity index (χ1) is 8.08. The van der Waals surface area contributed by atoms with Crippen molar-refractivity contribution in [2.24, 2.45) is 0 Å². The molecule has 2 N–H and O–H groups in total. The van der Waals surface area contributed by atoms with E-state index in [4.69, 9.17) is 5.11 Å². The monoisotopic (exact) mass is 299 g/mol. The van der Waals surface area contributed by atoms with Crippen molar-refractivity contribution in [3.05, 3.63) is 34.3 Å². The van der Waals surface area contributed by atoms with Crippen molar-refractivity contribution in [2.75, 3.05) is 6.54 Å². The predicted octanol–water partition coefficient (Wildman–Crippen LogP) is 1.97. The summed E-state index contributed by atoms with van der Waals surface area (Å²) in [6, 6.07) is 7.85. The first-order valence-corrected chi connectivity index (χ1v) is 6.10. The van der Waals surface area contributed by atoms with Crippen LogP contribution in [0.3, 0.4) is 0 Å². The second-order valence-corrected chi connectivity index (χ2v) is 4.54. The molecule has 0 saturated heterocycles. The molecule has 1 aromatic carbocycles. The fourth-order valence-corrected chi connectivity index (χ4v) is 1.79. The predicted molar refractivity (Wildman–Crippen MR) is 67.7 cm³/mol. The van der Waals surface area contributed by atoms with Gasteiger partial charge in [-0.25, -0.2) is 0 Å². The molecule has 1 amide bonds. The minimum atomic E-state index is -0.952. The number of hydrogen-bond acceptors (Lipinski definition) is 2. The number of carboxylic acid groups (broad SMARTS) is 1. The van der Waals surface area contributed by atoms with E-state index in [1.807, 2.05) is 24.3 Å². The highest BCUT2D eigenvalue weighted by Gasteiger charge is 2.04. The van der Waals surface area contributed by atoms with E-state index < -0.39 is 5.97 Å². The number of benzene rings is 1. The summed E-state index contributed by atoms with van der Waals surface area (Å²) in [5, 5.41) is 11.1. The van der Waals surface area contributed by atoms with Gasteiger partial charge < -0.3 is 10.4 Å². The molecular weight excluding hydrogens is 286 g/mol. The maximum atomic E-state index is 11.2. The Bertz CT molecular complexity index is 406. The van der Waals surface area contributed by atoms with Crippen LogP contribution >= 0.6 is 15.9 Å². The van der Waals surface area contributed by atoms with Crippen LogP contribution in [0.15, 0.2) is 28.7 Å². The average Bonchev–Trinajstić information content (AvgIpc) is 2.26. The zero-order chi connectivity index (χ0) is 12.7. The van der Waals surface area contributed by atoms with E-state index in [0.717, 1.165) is 16.5 Å². The molecular formula is C12H14BrNO3. The second-order valence-electron chi connectivity index (χ2n) is 3.62. The molecule has 0 atom stereocenters. The standard InChI is InChI=1S/C12H14BrNO3/c13-10-3-1-2-9(8-10)6-7-14-11(15)4-5-12(16)17/h1-3,8H,4-7H2,(H,14,15)(H,16,17). The van der Waals surface area contributed by atoms with Crippen LogP contribution in [0.2, 0.25) is 0 Å². The number of nitrogens with one attached hydrogen (secondary N) is 1. The molecule has 0 aliphatic rings. The Balaban J connectivity index is 2.23. The molecule has 1 aromatic rings. The Kier molecular flexibility index (Phi) is 5.69. The molecule has 4 nitrogen and oxygen atoms in total. The molecule has 0 aliphatic carbocycles. The largest absolute Gasteiger partial charge is 0.481 e. The van der Waals surface area contributed by atoms with Gasteiger partial charge in [0.2, 0.25) is 5.91 Å². The number of halogens is 1. The first kappa shape index (κ1) is 13.7. The van der Waals surface area contributed by atoms with Gasteiger partial charge in [-0.3, -0.25) is 9.59 Å². The van der Waals surface area contributed by atoms with Crippen LogP contribution in [0.4, 0.5) is 0 Å². The highest BCUT2D eigenvalue weighted by molar-refractivity contribution is 9.10. The Morgan fingerprint density at radius 3 is 2.71 bits per heavy atom. The van der Waals surface area contributed by atoms with Gasteiger partial charge in [0.15, 0.2) is 0 Å². The summed E-state index contributed by atoms with van der Waals surface area (Å²) in [5.74, 6) is -1.17. The lowest BCUT2D eigenvalue weighted by Gasteiger charge is -2.04. The van der Waals surface area contributed by atoms with Gasteiger partial charge in [0, 0.05) is 17.4 Å². The van der Waals surface area contributed by atoms with E-state index in [1.54, 1.807) is 0 Å². The van der Waals surface area contributed by atoms with Gasteiger partial charge in [-0.1, -0.05) is 28.1 Å². The highest BCUT2D eigenvalue weighted by Crippen LogP contribution is 2.11. The van der Waals surface area contributed by atoms with Crippen LogP contribution in [-0.4, -0.2) is 23.5 Å². The maximum Gasteiger partial charge on any atom is 0.303 e. The average molecular weight is 300 g/mol. The van der Waals surface area contributed by atoms with E-state index in [9.17, 15) is 9.59 Å². The van der Waals surface area contributed by atoms with Crippen molar-refractivity contribution in [1.82, 2.24) is 5.32 Å². The van der Waals surface area contributed by atoms with Crippen molar-refractivity contribution in [2.45, 2.75) is 19.3 Å². The Hall–Kier alpha value is -1.36. The fourth-order valence-electron chi connectivity index (χ4n) is 1.35. The summed E-state index contributed by atoms with van der Waals surface area (Å²) in [5.41, 5.74) is 1.12. The number of carboxylic acids is 1. The normalized spacial score (nSPS) is 9.94. The molecule has 0 fully saturated rings. The van der Waals surface area contributed by atoms with E-state index in [-0.39, 0.29) is 18.7 Å². The van der Waals surface area contributed by atoms with Gasteiger partial charge in [0.1, 0.15) is 0 Å². The number of carbonyl (C=O) groups excluding carboxylic acids is 1. The molecule has 0 saturated carbocycles. The van der Waals surface area contributed by atoms with E-state index >= 15 is 0 Å². The van der Waals surface area contributed by atoms with Crippen molar-refractivity contribution < 1.29 is 14.7 Å². The molecule has 0 bridgehead atoms. The van der Waals surface area contributed by atoms with Gasteiger partial charge in [0.25, 0.3) is 0 Å². The summed E-state index contributed by atoms with van der Waals surface area (Å²) in [4.78, 5) is 21.5. The van der Waals surface area contributed by atoms with Crippen molar-refractivity contribution in [3.63, 3.8) is 0 Å². The summed E-state index contributed by atoms with van der Waals surface area (Å²) in [6.07, 6.45) is 0.648. The van der Waals surface area contributed by atoms with E-state index in [1.165, 1.54) is 0 Å². The van der Waals surface area contributed by atoms with Crippen molar-refractivity contribution in [1.29, 1.82) is 0 Å². The molecule has 0 aliphatic heterocycles. The Labute approximate surface area is 108 Å². The Morgan fingerprint density at radius 1 is 1.29 bits per heavy atom. The minimum absolute atomic E-state index is 0.0355. The van der Waals surface area contributed by atoms with Gasteiger partial charge in [-0.05, 0) is 24.1 Å². The summed E-state index contributed by atoms with van der Waals surface area (Å²) < 4.78 is 1.01. The van der Waals surface area contributed by atoms with Crippen LogP contribution < -0.4 is 5.32 Å². The van der Waals surface area contributed by atoms with E-state index in [2.05, 4.69) is 21.2 Å². The van der Waals surface area contributed by atoms with E-state index in [0.29, 0.717) is 6.54 Å². The Morgan fingerprint density at radius 2 is 2.06 bits per heavy atom. The lowest BCUT2D eigenvalue weighted by atomic mass is 10.1. The SMILES string of the molecule is O=C(O)CCC(=O)NCCc1cccc(Br)c1. The van der Waals surface area contributed by atoms with Crippen molar-refractivity contribution >= 4 is 27.8 Å². The number of amides is 1. The van der Waals surface area contributed by atoms with Crippen LogP contribution in [-0.2, 0) is 16.0 Å². The summed E-state index contributed by atoms with van der Waals surface area (Å²) in [7, 11) is 0. The third kappa shape index (κ3) is 6.06.